The number of carbonyl (C=O) groups excluding carboxylic acids is 1. The van der Waals surface area contributed by atoms with Crippen LogP contribution in [0.3, 0.4) is 0 Å². The number of aldehydes is 1. The first-order valence-electron chi connectivity index (χ1n) is 4.85. The van der Waals surface area contributed by atoms with Gasteiger partial charge in [-0.2, -0.15) is 4.39 Å². The summed E-state index contributed by atoms with van der Waals surface area (Å²) in [7, 11) is 1.22. The van der Waals surface area contributed by atoms with Crippen molar-refractivity contribution in [3.05, 3.63) is 40.1 Å². The van der Waals surface area contributed by atoms with Gasteiger partial charge in [0.2, 0.25) is 5.82 Å². The van der Waals surface area contributed by atoms with E-state index in [9.17, 15) is 13.6 Å². The fourth-order valence-corrected chi connectivity index (χ4v) is 1.92. The normalized spacial score (nSPS) is 10.4. The van der Waals surface area contributed by atoms with Crippen LogP contribution in [0.15, 0.2) is 27.1 Å². The number of carbonyl (C=O) groups is 1. The average Bonchev–Trinajstić information content (AvgIpc) is 2.84. The second kappa shape index (κ2) is 4.89. The molecule has 1 heterocycles. The first kappa shape index (κ1) is 12.8. The molecule has 0 saturated carbocycles. The highest BCUT2D eigenvalue weighted by molar-refractivity contribution is 9.10. The van der Waals surface area contributed by atoms with Crippen LogP contribution >= 0.6 is 15.9 Å². The lowest BCUT2D eigenvalue weighted by Gasteiger charge is -2.09. The molecule has 0 aliphatic rings. The molecule has 0 amide bonds. The Kier molecular flexibility index (Phi) is 3.47. The SMILES string of the molecule is COc1c(-c2ccc(C=O)o2)cc(Br)c(F)c1F. The third-order valence-corrected chi connectivity index (χ3v) is 2.91. The standard InChI is InChI=1S/C12H7BrF2O3/c1-17-12-7(4-8(13)10(14)11(12)15)9-3-2-6(5-16)18-9/h2-5H,1H3. The minimum Gasteiger partial charge on any atom is -0.493 e. The average molecular weight is 317 g/mol. The van der Waals surface area contributed by atoms with Crippen LogP contribution in [0, 0.1) is 11.6 Å². The van der Waals surface area contributed by atoms with Crippen molar-refractivity contribution in [1.82, 2.24) is 0 Å². The number of methoxy groups -OCH3 is 1. The van der Waals surface area contributed by atoms with Crippen molar-refractivity contribution in [2.75, 3.05) is 7.11 Å². The molecule has 0 N–H and O–H groups in total. The van der Waals surface area contributed by atoms with Gasteiger partial charge in [-0.25, -0.2) is 4.39 Å². The number of ether oxygens (including phenoxy) is 1. The topological polar surface area (TPSA) is 39.4 Å². The third-order valence-electron chi connectivity index (χ3n) is 2.33. The van der Waals surface area contributed by atoms with Crippen LogP contribution in [-0.4, -0.2) is 13.4 Å². The van der Waals surface area contributed by atoms with Crippen molar-refractivity contribution < 1.29 is 22.7 Å². The summed E-state index contributed by atoms with van der Waals surface area (Å²) in [5, 5.41) is 0. The number of halogens is 3. The molecule has 1 aromatic carbocycles. The van der Waals surface area contributed by atoms with Gasteiger partial charge in [-0.1, -0.05) is 0 Å². The zero-order valence-corrected chi connectivity index (χ0v) is 10.8. The molecule has 18 heavy (non-hydrogen) atoms. The lowest BCUT2D eigenvalue weighted by atomic mass is 10.1. The third kappa shape index (κ3) is 2.03. The monoisotopic (exact) mass is 316 g/mol. The second-order valence-corrected chi connectivity index (χ2v) is 4.24. The summed E-state index contributed by atoms with van der Waals surface area (Å²) in [4.78, 5) is 10.5. The summed E-state index contributed by atoms with van der Waals surface area (Å²) in [5.74, 6) is -2.13. The van der Waals surface area contributed by atoms with Crippen LogP contribution in [0.5, 0.6) is 5.75 Å². The van der Waals surface area contributed by atoms with Gasteiger partial charge in [-0.3, -0.25) is 4.79 Å². The smallest absolute Gasteiger partial charge is 0.202 e. The molecule has 0 unspecified atom stereocenters. The lowest BCUT2D eigenvalue weighted by molar-refractivity contribution is 0.110. The second-order valence-electron chi connectivity index (χ2n) is 3.39. The van der Waals surface area contributed by atoms with E-state index in [1.165, 1.54) is 25.3 Å². The van der Waals surface area contributed by atoms with Crippen molar-refractivity contribution in [2.45, 2.75) is 0 Å². The summed E-state index contributed by atoms with van der Waals surface area (Å²) >= 11 is 2.90. The van der Waals surface area contributed by atoms with Crippen molar-refractivity contribution in [2.24, 2.45) is 0 Å². The summed E-state index contributed by atoms with van der Waals surface area (Å²) in [6.07, 6.45) is 0.519. The van der Waals surface area contributed by atoms with E-state index in [1.54, 1.807) is 0 Å². The predicted octanol–water partition coefficient (Wildman–Crippen LogP) is 3.81. The zero-order chi connectivity index (χ0) is 13.3. The van der Waals surface area contributed by atoms with E-state index in [2.05, 4.69) is 15.9 Å². The fourth-order valence-electron chi connectivity index (χ4n) is 1.52. The molecule has 2 aromatic rings. The molecule has 0 saturated heterocycles. The lowest BCUT2D eigenvalue weighted by Crippen LogP contribution is -1.96. The van der Waals surface area contributed by atoms with E-state index in [-0.39, 0.29) is 27.3 Å². The highest BCUT2D eigenvalue weighted by Gasteiger charge is 2.21. The van der Waals surface area contributed by atoms with Crippen molar-refractivity contribution in [3.8, 4) is 17.1 Å². The minimum absolute atomic E-state index is 0.0557. The molecule has 0 bridgehead atoms. The van der Waals surface area contributed by atoms with Crippen LogP contribution in [0.4, 0.5) is 8.78 Å². The van der Waals surface area contributed by atoms with Gasteiger partial charge in [0.1, 0.15) is 5.76 Å². The Bertz CT molecular complexity index is 608. The molecular formula is C12H7BrF2O3. The molecule has 0 spiro atoms. The fraction of sp³-hybridized carbons (Fsp3) is 0.0833. The van der Waals surface area contributed by atoms with Gasteiger partial charge in [0.15, 0.2) is 23.6 Å². The van der Waals surface area contributed by atoms with Gasteiger partial charge < -0.3 is 9.15 Å². The molecule has 6 heteroatoms. The van der Waals surface area contributed by atoms with Gasteiger partial charge in [0.05, 0.1) is 17.1 Å². The maximum absolute atomic E-state index is 13.7. The van der Waals surface area contributed by atoms with E-state index >= 15 is 0 Å². The quantitative estimate of drug-likeness (QED) is 0.638. The van der Waals surface area contributed by atoms with Crippen molar-refractivity contribution >= 4 is 22.2 Å². The van der Waals surface area contributed by atoms with Gasteiger partial charge in [-0.05, 0) is 34.1 Å². The van der Waals surface area contributed by atoms with E-state index in [1.807, 2.05) is 0 Å². The summed E-state index contributed by atoms with van der Waals surface area (Å²) < 4.78 is 36.9. The Morgan fingerprint density at radius 3 is 2.61 bits per heavy atom. The molecule has 0 fully saturated rings. The van der Waals surface area contributed by atoms with E-state index < -0.39 is 11.6 Å². The highest BCUT2D eigenvalue weighted by atomic mass is 79.9. The maximum Gasteiger partial charge on any atom is 0.202 e. The predicted molar refractivity (Wildman–Crippen MR) is 63.7 cm³/mol. The molecule has 3 nitrogen and oxygen atoms in total. The van der Waals surface area contributed by atoms with Gasteiger partial charge in [-0.15, -0.1) is 0 Å². The molecule has 0 radical (unpaired) electrons. The molecule has 0 atom stereocenters. The molecule has 2 rings (SSSR count). The van der Waals surface area contributed by atoms with Crippen LogP contribution in [0.1, 0.15) is 10.6 Å². The largest absolute Gasteiger partial charge is 0.493 e. The Labute approximate surface area is 109 Å². The van der Waals surface area contributed by atoms with Crippen LogP contribution in [0.2, 0.25) is 0 Å². The van der Waals surface area contributed by atoms with E-state index in [4.69, 9.17) is 9.15 Å². The molecule has 94 valence electrons. The van der Waals surface area contributed by atoms with Gasteiger partial charge in [0.25, 0.3) is 0 Å². The van der Waals surface area contributed by atoms with Gasteiger partial charge in [0, 0.05) is 0 Å². The number of hydrogen-bond acceptors (Lipinski definition) is 3. The van der Waals surface area contributed by atoms with Crippen LogP contribution in [-0.2, 0) is 0 Å². The number of rotatable bonds is 3. The maximum atomic E-state index is 13.7. The zero-order valence-electron chi connectivity index (χ0n) is 9.17. The first-order valence-corrected chi connectivity index (χ1v) is 5.64. The Morgan fingerprint density at radius 1 is 1.33 bits per heavy atom. The molecule has 1 aromatic heterocycles. The minimum atomic E-state index is -1.12. The molecule has 0 aliphatic heterocycles. The number of hydrogen-bond donors (Lipinski definition) is 0. The number of furan rings is 1. The molecular weight excluding hydrogens is 310 g/mol. The van der Waals surface area contributed by atoms with E-state index in [0.29, 0.717) is 6.29 Å². The van der Waals surface area contributed by atoms with Crippen LogP contribution < -0.4 is 4.74 Å². The summed E-state index contributed by atoms with van der Waals surface area (Å²) in [5.41, 5.74) is 0.219. The number of benzene rings is 1. The summed E-state index contributed by atoms with van der Waals surface area (Å²) in [6, 6.07) is 4.23. The van der Waals surface area contributed by atoms with Crippen molar-refractivity contribution in [1.29, 1.82) is 0 Å². The Morgan fingerprint density at radius 2 is 2.06 bits per heavy atom. The van der Waals surface area contributed by atoms with Crippen LogP contribution in [0.25, 0.3) is 11.3 Å². The Hall–Kier alpha value is -1.69. The van der Waals surface area contributed by atoms with Gasteiger partial charge >= 0.3 is 0 Å². The van der Waals surface area contributed by atoms with Crippen molar-refractivity contribution in [3.63, 3.8) is 0 Å². The highest BCUT2D eigenvalue weighted by Crippen LogP contribution is 2.37. The van der Waals surface area contributed by atoms with E-state index in [0.717, 1.165) is 0 Å². The Balaban J connectivity index is 2.66. The molecule has 0 aliphatic carbocycles. The first-order chi connectivity index (χ1) is 8.58. The summed E-state index contributed by atoms with van der Waals surface area (Å²) in [6.45, 7) is 0.